The molecule has 1 amide bonds. The molecule has 69 heavy (non-hydrogen) atoms. The number of alkyl carbamates (subject to hydrolysis) is 1. The minimum atomic E-state index is -3.96. The van der Waals surface area contributed by atoms with E-state index in [1.165, 1.54) is 16.9 Å². The molecule has 5 aromatic carbocycles. The van der Waals surface area contributed by atoms with Crippen molar-refractivity contribution in [3.8, 4) is 44.5 Å². The Morgan fingerprint density at radius 1 is 0.870 bits per heavy atom. The molecule has 3 aromatic heterocycles. The molecule has 4 heterocycles. The van der Waals surface area contributed by atoms with Crippen LogP contribution < -0.4 is 20.7 Å². The quantitative estimate of drug-likeness (QED) is 0.0936. The van der Waals surface area contributed by atoms with Gasteiger partial charge < -0.3 is 30.5 Å². The summed E-state index contributed by atoms with van der Waals surface area (Å²) in [5, 5.41) is 26.6. The van der Waals surface area contributed by atoms with Gasteiger partial charge in [0.2, 0.25) is 0 Å². The molecule has 0 radical (unpaired) electrons. The average molecular weight is 964 g/mol. The SMILES string of the molecule is Cc1ccc(S(=O)(=O)n2ncc3ccc(-c4ncsc4-c4ccc(CNC(=O)OC(C)(C)C)c(OCCc5ccc(CN6CCN(c7cc(-c8ccccc8O)nnc7N)CC6)cc5)c4)cc32)cc1. The van der Waals surface area contributed by atoms with Crippen molar-refractivity contribution in [3.63, 3.8) is 0 Å². The van der Waals surface area contributed by atoms with E-state index in [2.05, 4.69) is 54.7 Å². The van der Waals surface area contributed by atoms with Gasteiger partial charge in [0, 0.05) is 67.8 Å². The zero-order valence-corrected chi connectivity index (χ0v) is 40.4. The van der Waals surface area contributed by atoms with Gasteiger partial charge in [-0.05, 0) is 86.8 Å². The molecule has 0 unspecified atom stereocenters. The van der Waals surface area contributed by atoms with Crippen LogP contribution >= 0.6 is 11.3 Å². The summed E-state index contributed by atoms with van der Waals surface area (Å²) in [5.41, 5.74) is 16.2. The first-order valence-corrected chi connectivity index (χ1v) is 24.9. The van der Waals surface area contributed by atoms with Gasteiger partial charge in [-0.2, -0.15) is 17.6 Å². The number of hydrogen-bond donors (Lipinski definition) is 3. The van der Waals surface area contributed by atoms with Gasteiger partial charge in [-0.15, -0.1) is 21.5 Å². The van der Waals surface area contributed by atoms with Crippen LogP contribution in [0.2, 0.25) is 0 Å². The summed E-state index contributed by atoms with van der Waals surface area (Å²) in [6, 6.07) is 35.7. The van der Waals surface area contributed by atoms with Gasteiger partial charge in [0.1, 0.15) is 17.1 Å². The van der Waals surface area contributed by atoms with Gasteiger partial charge in [0.05, 0.1) is 50.7 Å². The van der Waals surface area contributed by atoms with E-state index in [9.17, 15) is 18.3 Å². The van der Waals surface area contributed by atoms with Crippen molar-refractivity contribution in [2.75, 3.05) is 43.4 Å². The number of carbonyl (C=O) groups excluding carboxylic acids is 1. The molecule has 9 rings (SSSR count). The smallest absolute Gasteiger partial charge is 0.407 e. The number of hydrogen-bond acceptors (Lipinski definition) is 14. The summed E-state index contributed by atoms with van der Waals surface area (Å²) >= 11 is 1.47. The molecule has 0 aliphatic carbocycles. The van der Waals surface area contributed by atoms with Crippen molar-refractivity contribution in [2.45, 2.75) is 57.7 Å². The number of anilines is 2. The zero-order chi connectivity index (χ0) is 48.3. The van der Waals surface area contributed by atoms with Crippen LogP contribution in [0.4, 0.5) is 16.3 Å². The lowest BCUT2D eigenvalue weighted by Crippen LogP contribution is -2.46. The molecule has 0 bridgehead atoms. The first-order valence-electron chi connectivity index (χ1n) is 22.6. The summed E-state index contributed by atoms with van der Waals surface area (Å²) in [4.78, 5) is 23.1. The standard InChI is InChI=1S/C52H53N9O6S2/c1-34-9-19-41(20-10-34)69(64,65)61-44-27-37(15-17-39(44)31-56-61)48-49(68-33-55-48)38-16-18-40(30-54-51(63)67-52(2,3)4)47(28-38)66-26-21-35-11-13-36(14-12-35)32-59-22-24-60(25-23-59)45-29-43(57-58-50(45)53)42-7-5-6-8-46(42)62/h5-20,27-29,31,33,62H,21-26,30,32H2,1-4H3,(H2,53,58)(H,54,63). The predicted octanol–water partition coefficient (Wildman–Crippen LogP) is 9.09. The number of aromatic hydroxyl groups is 1. The number of rotatable bonds is 14. The molecule has 1 fully saturated rings. The molecule has 0 saturated carbocycles. The Bertz CT molecular complexity index is 3230. The number of phenols is 1. The molecule has 0 atom stereocenters. The third kappa shape index (κ3) is 10.7. The van der Waals surface area contributed by atoms with Gasteiger partial charge in [-0.25, -0.2) is 9.78 Å². The van der Waals surface area contributed by atoms with Gasteiger partial charge in [-0.1, -0.05) is 78.4 Å². The van der Waals surface area contributed by atoms with E-state index >= 15 is 0 Å². The number of nitrogens with one attached hydrogen (secondary N) is 1. The van der Waals surface area contributed by atoms with Crippen LogP contribution in [0.15, 0.2) is 132 Å². The van der Waals surface area contributed by atoms with Crippen LogP contribution in [-0.4, -0.2) is 87.3 Å². The van der Waals surface area contributed by atoms with Crippen LogP contribution in [-0.2, 0) is 34.3 Å². The number of piperazine rings is 1. The number of aryl methyl sites for hydroxylation is 1. The van der Waals surface area contributed by atoms with E-state index in [1.54, 1.807) is 48.1 Å². The third-order valence-corrected chi connectivity index (χ3v) is 14.3. The lowest BCUT2D eigenvalue weighted by molar-refractivity contribution is 0.0523. The van der Waals surface area contributed by atoms with Crippen molar-refractivity contribution in [1.29, 1.82) is 0 Å². The molecule has 1 aliphatic heterocycles. The Morgan fingerprint density at radius 3 is 2.36 bits per heavy atom. The number of amides is 1. The van der Waals surface area contributed by atoms with E-state index in [-0.39, 0.29) is 17.2 Å². The highest BCUT2D eigenvalue weighted by Crippen LogP contribution is 2.39. The summed E-state index contributed by atoms with van der Waals surface area (Å²) in [7, 11) is -3.96. The molecule has 15 nitrogen and oxygen atoms in total. The first-order chi connectivity index (χ1) is 33.2. The van der Waals surface area contributed by atoms with Crippen molar-refractivity contribution in [3.05, 3.63) is 149 Å². The second-order valence-electron chi connectivity index (χ2n) is 18.0. The average Bonchev–Trinajstić information content (AvgIpc) is 4.01. The number of para-hydroxylation sites is 1. The molecule has 8 aromatic rings. The van der Waals surface area contributed by atoms with Gasteiger partial charge in [0.25, 0.3) is 10.0 Å². The molecule has 17 heteroatoms. The Labute approximate surface area is 405 Å². The fourth-order valence-electron chi connectivity index (χ4n) is 8.22. The highest BCUT2D eigenvalue weighted by Gasteiger charge is 2.24. The van der Waals surface area contributed by atoms with Crippen molar-refractivity contribution in [1.82, 2.24) is 34.6 Å². The zero-order valence-electron chi connectivity index (χ0n) is 38.8. The maximum atomic E-state index is 13.7. The molecular weight excluding hydrogens is 911 g/mol. The lowest BCUT2D eigenvalue weighted by Gasteiger charge is -2.36. The van der Waals surface area contributed by atoms with Gasteiger partial charge in [-0.3, -0.25) is 4.90 Å². The summed E-state index contributed by atoms with van der Waals surface area (Å²) < 4.78 is 40.6. The lowest BCUT2D eigenvalue weighted by atomic mass is 10.0. The number of nitrogens with two attached hydrogens (primary N) is 1. The van der Waals surface area contributed by atoms with Crippen LogP contribution in [0.5, 0.6) is 11.5 Å². The normalized spacial score (nSPS) is 13.4. The Hall–Kier alpha value is -7.34. The third-order valence-electron chi connectivity index (χ3n) is 11.8. The number of benzene rings is 5. The van der Waals surface area contributed by atoms with Gasteiger partial charge >= 0.3 is 6.09 Å². The van der Waals surface area contributed by atoms with Crippen LogP contribution in [0.1, 0.15) is 43.0 Å². The molecule has 0 spiro atoms. The number of thiazole rings is 1. The molecule has 354 valence electrons. The molecular formula is C52H53N9O6S2. The minimum absolute atomic E-state index is 0.146. The number of nitrogens with zero attached hydrogens (tertiary/aromatic N) is 7. The van der Waals surface area contributed by atoms with E-state index in [1.807, 2.05) is 82.3 Å². The highest BCUT2D eigenvalue weighted by atomic mass is 32.2. The summed E-state index contributed by atoms with van der Waals surface area (Å²) in [6.45, 7) is 12.0. The Morgan fingerprint density at radius 2 is 1.61 bits per heavy atom. The molecule has 1 saturated heterocycles. The topological polar surface area (TPSA) is 191 Å². The summed E-state index contributed by atoms with van der Waals surface area (Å²) in [5.74, 6) is 1.12. The number of ether oxygens (including phenoxy) is 2. The van der Waals surface area contributed by atoms with Gasteiger partial charge in [0.15, 0.2) is 5.82 Å². The van der Waals surface area contributed by atoms with Crippen molar-refractivity contribution < 1.29 is 27.8 Å². The second kappa shape index (κ2) is 19.7. The van der Waals surface area contributed by atoms with Crippen LogP contribution in [0, 0.1) is 6.92 Å². The number of aromatic nitrogens is 5. The minimum Gasteiger partial charge on any atom is -0.507 e. The largest absolute Gasteiger partial charge is 0.507 e. The summed E-state index contributed by atoms with van der Waals surface area (Å²) in [6.07, 6.45) is 1.67. The first kappa shape index (κ1) is 46.8. The maximum absolute atomic E-state index is 13.7. The number of carbonyl (C=O) groups is 1. The van der Waals surface area contributed by atoms with E-state index in [0.717, 1.165) is 75.2 Å². The number of fused-ring (bicyclic) bond motifs is 1. The van der Waals surface area contributed by atoms with Crippen LogP contribution in [0.25, 0.3) is 43.9 Å². The number of nitrogen functional groups attached to an aromatic ring is 1. The Balaban J connectivity index is 0.873. The predicted molar refractivity (Wildman–Crippen MR) is 270 cm³/mol. The maximum Gasteiger partial charge on any atom is 0.407 e. The Kier molecular flexibility index (Phi) is 13.4. The molecule has 1 aliphatic rings. The van der Waals surface area contributed by atoms with Crippen molar-refractivity contribution >= 4 is 49.9 Å². The second-order valence-corrected chi connectivity index (χ2v) is 20.6. The van der Waals surface area contributed by atoms with E-state index in [0.29, 0.717) is 52.4 Å². The fourth-order valence-corrected chi connectivity index (χ4v) is 10.3. The van der Waals surface area contributed by atoms with E-state index < -0.39 is 21.7 Å². The van der Waals surface area contributed by atoms with E-state index in [4.69, 9.17) is 20.2 Å². The molecule has 4 N–H and O–H groups in total. The monoisotopic (exact) mass is 963 g/mol. The van der Waals surface area contributed by atoms with Crippen molar-refractivity contribution in [2.24, 2.45) is 0 Å². The number of phenolic OH excluding ortho intramolecular Hbond substituents is 1. The fraction of sp³-hybridized carbons (Fsp3) is 0.250. The van der Waals surface area contributed by atoms with Crippen LogP contribution in [0.3, 0.4) is 0 Å². The highest BCUT2D eigenvalue weighted by molar-refractivity contribution is 7.90.